The molecule has 1 nitrogen and oxygen atoms in total. The first-order chi connectivity index (χ1) is 6.84. The molecule has 0 spiro atoms. The topological polar surface area (TPSA) is 26.0 Å². The fourth-order valence-corrected chi connectivity index (χ4v) is 3.23. The number of anilines is 1. The average molecular weight is 201 g/mol. The van der Waals surface area contributed by atoms with Crippen LogP contribution in [0.2, 0.25) is 0 Å². The Balaban J connectivity index is 2.37. The Labute approximate surface area is 86.9 Å². The average Bonchev–Trinajstić information content (AvgIpc) is 2.54. The van der Waals surface area contributed by atoms with Crippen LogP contribution in [0.1, 0.15) is 16.9 Å². The minimum Gasteiger partial charge on any atom is -0.399 e. The molecule has 0 unspecified atom stereocenters. The van der Waals surface area contributed by atoms with Crippen LogP contribution in [-0.4, -0.2) is 0 Å². The largest absolute Gasteiger partial charge is 0.399 e. The van der Waals surface area contributed by atoms with E-state index in [2.05, 4.69) is 24.3 Å². The smallest absolute Gasteiger partial charge is 0.0372 e. The molecule has 0 fully saturated rings. The van der Waals surface area contributed by atoms with Gasteiger partial charge in [0, 0.05) is 15.3 Å². The zero-order valence-electron chi connectivity index (χ0n) is 7.79. The third-order valence-corrected chi connectivity index (χ3v) is 3.84. The molecule has 0 bridgehead atoms. The van der Waals surface area contributed by atoms with Gasteiger partial charge in [-0.05, 0) is 42.0 Å². The van der Waals surface area contributed by atoms with Gasteiger partial charge in [-0.1, -0.05) is 12.1 Å². The number of thiophene rings is 1. The van der Waals surface area contributed by atoms with Gasteiger partial charge in [0.25, 0.3) is 0 Å². The molecule has 2 heteroatoms. The maximum absolute atomic E-state index is 5.77. The highest BCUT2D eigenvalue weighted by Crippen LogP contribution is 2.36. The maximum atomic E-state index is 5.77. The van der Waals surface area contributed by atoms with E-state index < -0.39 is 0 Å². The molecular formula is C12H11NS. The van der Waals surface area contributed by atoms with Crippen LogP contribution in [0.25, 0.3) is 16.2 Å². The maximum Gasteiger partial charge on any atom is 0.0372 e. The Bertz CT molecular complexity index is 522. The van der Waals surface area contributed by atoms with Crippen molar-refractivity contribution in [3.63, 3.8) is 0 Å². The summed E-state index contributed by atoms with van der Waals surface area (Å²) in [6, 6.07) is 6.22. The Morgan fingerprint density at radius 2 is 2.21 bits per heavy atom. The van der Waals surface area contributed by atoms with E-state index in [0.717, 1.165) is 5.69 Å². The molecule has 1 heterocycles. The number of rotatable bonds is 0. The van der Waals surface area contributed by atoms with Crippen LogP contribution in [0.4, 0.5) is 5.69 Å². The summed E-state index contributed by atoms with van der Waals surface area (Å²) in [6.07, 6.45) is 6.83. The second kappa shape index (κ2) is 2.85. The van der Waals surface area contributed by atoms with Crippen LogP contribution in [0.15, 0.2) is 24.3 Å². The predicted octanol–water partition coefficient (Wildman–Crippen LogP) is 3.44. The van der Waals surface area contributed by atoms with Crippen LogP contribution in [-0.2, 0) is 6.42 Å². The van der Waals surface area contributed by atoms with Gasteiger partial charge in [0.15, 0.2) is 0 Å². The van der Waals surface area contributed by atoms with E-state index >= 15 is 0 Å². The first-order valence-electron chi connectivity index (χ1n) is 4.82. The van der Waals surface area contributed by atoms with Crippen molar-refractivity contribution in [2.75, 3.05) is 5.73 Å². The highest BCUT2D eigenvalue weighted by Gasteiger charge is 2.11. The molecule has 0 radical (unpaired) electrons. The summed E-state index contributed by atoms with van der Waals surface area (Å²) in [5.74, 6) is 0. The molecule has 1 aromatic heterocycles. The lowest BCUT2D eigenvalue weighted by Crippen LogP contribution is -1.88. The van der Waals surface area contributed by atoms with Gasteiger partial charge in [-0.2, -0.15) is 0 Å². The molecule has 0 aliphatic heterocycles. The minimum absolute atomic E-state index is 0.861. The monoisotopic (exact) mass is 201 g/mol. The fourth-order valence-electron chi connectivity index (χ4n) is 2.00. The molecular weight excluding hydrogens is 190 g/mol. The van der Waals surface area contributed by atoms with Crippen molar-refractivity contribution in [1.82, 2.24) is 0 Å². The van der Waals surface area contributed by atoms with Gasteiger partial charge in [0.2, 0.25) is 0 Å². The number of nitrogens with two attached hydrogens (primary N) is 1. The molecule has 14 heavy (non-hydrogen) atoms. The Morgan fingerprint density at radius 3 is 3.14 bits per heavy atom. The molecule has 1 aromatic carbocycles. The van der Waals surface area contributed by atoms with E-state index in [0.29, 0.717) is 0 Å². The summed E-state index contributed by atoms with van der Waals surface area (Å²) in [7, 11) is 0. The zero-order chi connectivity index (χ0) is 9.54. The van der Waals surface area contributed by atoms with Gasteiger partial charge in [0.1, 0.15) is 0 Å². The zero-order valence-corrected chi connectivity index (χ0v) is 8.60. The van der Waals surface area contributed by atoms with Crippen LogP contribution in [0.5, 0.6) is 0 Å². The summed E-state index contributed by atoms with van der Waals surface area (Å²) in [6.45, 7) is 0. The SMILES string of the molecule is Nc1ccc2c3c(sc2c1)C=CCC3. The Morgan fingerprint density at radius 1 is 1.29 bits per heavy atom. The lowest BCUT2D eigenvalue weighted by Gasteiger charge is -2.03. The second-order valence-corrected chi connectivity index (χ2v) is 4.73. The number of benzene rings is 1. The van der Waals surface area contributed by atoms with Gasteiger partial charge < -0.3 is 5.73 Å². The van der Waals surface area contributed by atoms with E-state index in [1.165, 1.54) is 33.4 Å². The third kappa shape index (κ3) is 1.07. The number of hydrogen-bond acceptors (Lipinski definition) is 2. The molecule has 2 aromatic rings. The number of nitrogen functional groups attached to an aromatic ring is 1. The molecule has 0 saturated carbocycles. The Kier molecular flexibility index (Phi) is 1.64. The van der Waals surface area contributed by atoms with Crippen LogP contribution < -0.4 is 5.73 Å². The van der Waals surface area contributed by atoms with E-state index in [1.807, 2.05) is 17.4 Å². The van der Waals surface area contributed by atoms with Crippen molar-refractivity contribution in [3.8, 4) is 0 Å². The predicted molar refractivity (Wildman–Crippen MR) is 63.6 cm³/mol. The van der Waals surface area contributed by atoms with Crippen molar-refractivity contribution in [1.29, 1.82) is 0 Å². The first-order valence-corrected chi connectivity index (χ1v) is 5.64. The molecule has 2 N–H and O–H groups in total. The number of hydrogen-bond donors (Lipinski definition) is 1. The standard InChI is InChI=1S/C12H11NS/c13-8-5-6-10-9-3-1-2-4-11(9)14-12(10)7-8/h2,4-7H,1,3,13H2. The summed E-state index contributed by atoms with van der Waals surface area (Å²) < 4.78 is 1.32. The highest BCUT2D eigenvalue weighted by molar-refractivity contribution is 7.20. The molecule has 70 valence electrons. The summed E-state index contributed by atoms with van der Waals surface area (Å²) in [4.78, 5) is 1.41. The van der Waals surface area contributed by atoms with E-state index in [1.54, 1.807) is 0 Å². The molecule has 3 rings (SSSR count). The molecule has 1 aliphatic carbocycles. The molecule has 0 amide bonds. The van der Waals surface area contributed by atoms with E-state index in [4.69, 9.17) is 5.73 Å². The number of fused-ring (bicyclic) bond motifs is 3. The van der Waals surface area contributed by atoms with Crippen LogP contribution >= 0.6 is 11.3 Å². The highest BCUT2D eigenvalue weighted by atomic mass is 32.1. The van der Waals surface area contributed by atoms with Gasteiger partial charge in [-0.25, -0.2) is 0 Å². The quantitative estimate of drug-likeness (QED) is 0.649. The normalized spacial score (nSPS) is 14.6. The van der Waals surface area contributed by atoms with Crippen LogP contribution in [0.3, 0.4) is 0 Å². The molecule has 0 atom stereocenters. The van der Waals surface area contributed by atoms with Crippen molar-refractivity contribution in [2.24, 2.45) is 0 Å². The van der Waals surface area contributed by atoms with Crippen molar-refractivity contribution in [3.05, 3.63) is 34.7 Å². The van der Waals surface area contributed by atoms with Crippen molar-refractivity contribution in [2.45, 2.75) is 12.8 Å². The summed E-state index contributed by atoms with van der Waals surface area (Å²) >= 11 is 1.85. The van der Waals surface area contributed by atoms with Crippen molar-refractivity contribution >= 4 is 33.2 Å². The van der Waals surface area contributed by atoms with Gasteiger partial charge in [-0.15, -0.1) is 11.3 Å². The number of aryl methyl sites for hydroxylation is 1. The summed E-state index contributed by atoms with van der Waals surface area (Å²) in [5, 5.41) is 1.39. The fraction of sp³-hybridized carbons (Fsp3) is 0.167. The third-order valence-electron chi connectivity index (χ3n) is 2.68. The summed E-state index contributed by atoms with van der Waals surface area (Å²) in [5.41, 5.74) is 8.14. The number of allylic oxidation sites excluding steroid dienone is 1. The molecule has 1 aliphatic rings. The molecule has 0 saturated heterocycles. The van der Waals surface area contributed by atoms with Crippen LogP contribution in [0, 0.1) is 0 Å². The first kappa shape index (κ1) is 8.06. The lowest BCUT2D eigenvalue weighted by atomic mass is 10.0. The second-order valence-electron chi connectivity index (χ2n) is 3.64. The van der Waals surface area contributed by atoms with Gasteiger partial charge in [0.05, 0.1) is 0 Å². The van der Waals surface area contributed by atoms with E-state index in [-0.39, 0.29) is 0 Å². The van der Waals surface area contributed by atoms with Gasteiger partial charge in [-0.3, -0.25) is 0 Å². The van der Waals surface area contributed by atoms with E-state index in [9.17, 15) is 0 Å². The van der Waals surface area contributed by atoms with Gasteiger partial charge >= 0.3 is 0 Å². The minimum atomic E-state index is 0.861. The lowest BCUT2D eigenvalue weighted by molar-refractivity contribution is 1.01. The Hall–Kier alpha value is -1.28. The van der Waals surface area contributed by atoms with Crippen molar-refractivity contribution < 1.29 is 0 Å².